The lowest BCUT2D eigenvalue weighted by molar-refractivity contribution is -0.154. The second-order valence-corrected chi connectivity index (χ2v) is 4.70. The third-order valence-corrected chi connectivity index (χ3v) is 2.93. The van der Waals surface area contributed by atoms with Crippen molar-refractivity contribution in [1.29, 1.82) is 0 Å². The maximum absolute atomic E-state index is 5.51. The maximum atomic E-state index is 5.51. The first-order valence-corrected chi connectivity index (χ1v) is 6.46. The van der Waals surface area contributed by atoms with Crippen molar-refractivity contribution in [3.8, 4) is 11.8 Å². The summed E-state index contributed by atoms with van der Waals surface area (Å²) in [6.45, 7) is 1.19. The first-order valence-electron chi connectivity index (χ1n) is 5.67. The van der Waals surface area contributed by atoms with Crippen molar-refractivity contribution in [2.75, 3.05) is 13.2 Å². The zero-order chi connectivity index (χ0) is 12.1. The van der Waals surface area contributed by atoms with Gasteiger partial charge in [0.25, 0.3) is 0 Å². The van der Waals surface area contributed by atoms with Crippen molar-refractivity contribution < 1.29 is 9.47 Å². The Balaban J connectivity index is 1.80. The highest BCUT2D eigenvalue weighted by molar-refractivity contribution is 9.10. The third-order valence-electron chi connectivity index (χ3n) is 2.55. The molecule has 1 fully saturated rings. The number of nitrogens with zero attached hydrogens (tertiary/aromatic N) is 2. The van der Waals surface area contributed by atoms with Crippen molar-refractivity contribution in [2.45, 2.75) is 25.6 Å². The highest BCUT2D eigenvalue weighted by Crippen LogP contribution is 2.13. The van der Waals surface area contributed by atoms with Crippen molar-refractivity contribution in [3.05, 3.63) is 16.4 Å². The molecule has 0 aliphatic carbocycles. The summed E-state index contributed by atoms with van der Waals surface area (Å²) < 4.78 is 13.5. The van der Waals surface area contributed by atoms with Crippen LogP contribution in [-0.2, 0) is 16.5 Å². The summed E-state index contributed by atoms with van der Waals surface area (Å²) in [7, 11) is 1.86. The van der Waals surface area contributed by atoms with Gasteiger partial charge in [0.05, 0.1) is 0 Å². The smallest absolute Gasteiger partial charge is 0.158 e. The standard InChI is InChI=1S/C12H15BrN2O2/c1-15-10(9-11(13)14-15)5-4-8-17-12-6-2-3-7-16-12/h9,12H,2-3,6-8H2,1H3. The lowest BCUT2D eigenvalue weighted by Crippen LogP contribution is -2.22. The molecule has 1 aromatic heterocycles. The average molecular weight is 299 g/mol. The van der Waals surface area contributed by atoms with Gasteiger partial charge in [-0.1, -0.05) is 5.92 Å². The molecular weight excluding hydrogens is 284 g/mol. The molecule has 1 saturated heterocycles. The Kier molecular flexibility index (Phi) is 4.60. The van der Waals surface area contributed by atoms with E-state index in [9.17, 15) is 0 Å². The van der Waals surface area contributed by atoms with Gasteiger partial charge in [0, 0.05) is 19.7 Å². The van der Waals surface area contributed by atoms with Gasteiger partial charge in [0.15, 0.2) is 6.29 Å². The van der Waals surface area contributed by atoms with Gasteiger partial charge in [-0.2, -0.15) is 5.10 Å². The molecule has 2 rings (SSSR count). The molecule has 5 heteroatoms. The number of hydrogen-bond donors (Lipinski definition) is 0. The van der Waals surface area contributed by atoms with Gasteiger partial charge in [-0.3, -0.25) is 4.68 Å². The topological polar surface area (TPSA) is 36.3 Å². The predicted molar refractivity (Wildman–Crippen MR) is 67.3 cm³/mol. The first-order chi connectivity index (χ1) is 8.25. The Labute approximate surface area is 109 Å². The Morgan fingerprint density at radius 1 is 1.65 bits per heavy atom. The molecule has 0 saturated carbocycles. The molecule has 1 aromatic rings. The Bertz CT molecular complexity index is 427. The number of aromatic nitrogens is 2. The molecule has 92 valence electrons. The number of rotatable bonds is 2. The fraction of sp³-hybridized carbons (Fsp3) is 0.583. The molecule has 4 nitrogen and oxygen atoms in total. The van der Waals surface area contributed by atoms with E-state index >= 15 is 0 Å². The molecule has 0 aromatic carbocycles. The number of halogens is 1. The van der Waals surface area contributed by atoms with E-state index in [1.807, 2.05) is 13.1 Å². The highest BCUT2D eigenvalue weighted by atomic mass is 79.9. The monoisotopic (exact) mass is 298 g/mol. The number of aryl methyl sites for hydroxylation is 1. The van der Waals surface area contributed by atoms with Crippen molar-refractivity contribution >= 4 is 15.9 Å². The van der Waals surface area contributed by atoms with E-state index in [-0.39, 0.29) is 6.29 Å². The highest BCUT2D eigenvalue weighted by Gasteiger charge is 2.12. The van der Waals surface area contributed by atoms with Crippen LogP contribution in [-0.4, -0.2) is 29.3 Å². The van der Waals surface area contributed by atoms with E-state index in [2.05, 4.69) is 32.9 Å². The van der Waals surface area contributed by atoms with Crippen LogP contribution in [0.5, 0.6) is 0 Å². The quantitative estimate of drug-likeness (QED) is 0.785. The van der Waals surface area contributed by atoms with Crippen LogP contribution in [0.15, 0.2) is 10.7 Å². The molecule has 0 radical (unpaired) electrons. The van der Waals surface area contributed by atoms with Gasteiger partial charge in [-0.15, -0.1) is 0 Å². The summed E-state index contributed by atoms with van der Waals surface area (Å²) in [5.74, 6) is 5.98. The lowest BCUT2D eigenvalue weighted by Gasteiger charge is -2.21. The van der Waals surface area contributed by atoms with E-state index in [0.29, 0.717) is 6.61 Å². The summed E-state index contributed by atoms with van der Waals surface area (Å²) in [5.41, 5.74) is 0.866. The zero-order valence-corrected chi connectivity index (χ0v) is 11.4. The van der Waals surface area contributed by atoms with Gasteiger partial charge in [0.2, 0.25) is 0 Å². The second kappa shape index (κ2) is 6.20. The SMILES string of the molecule is Cn1nc(Br)cc1C#CCOC1CCCCO1. The summed E-state index contributed by atoms with van der Waals surface area (Å²) >= 11 is 3.30. The van der Waals surface area contributed by atoms with E-state index in [1.165, 1.54) is 6.42 Å². The van der Waals surface area contributed by atoms with Gasteiger partial charge in [-0.25, -0.2) is 0 Å². The first kappa shape index (κ1) is 12.6. The minimum absolute atomic E-state index is 0.0728. The minimum Gasteiger partial charge on any atom is -0.353 e. The molecular formula is C12H15BrN2O2. The Morgan fingerprint density at radius 3 is 3.18 bits per heavy atom. The van der Waals surface area contributed by atoms with Crippen LogP contribution in [0.3, 0.4) is 0 Å². The number of hydrogen-bond acceptors (Lipinski definition) is 3. The molecule has 1 aliphatic rings. The van der Waals surface area contributed by atoms with Crippen LogP contribution in [0.2, 0.25) is 0 Å². The van der Waals surface area contributed by atoms with Gasteiger partial charge < -0.3 is 9.47 Å². The zero-order valence-electron chi connectivity index (χ0n) is 9.78. The lowest BCUT2D eigenvalue weighted by atomic mass is 10.2. The van der Waals surface area contributed by atoms with Crippen LogP contribution in [0.4, 0.5) is 0 Å². The summed E-state index contributed by atoms with van der Waals surface area (Å²) in [5, 5.41) is 4.14. The fourth-order valence-corrected chi connectivity index (χ4v) is 2.11. The fourth-order valence-electron chi connectivity index (χ4n) is 1.65. The van der Waals surface area contributed by atoms with E-state index in [0.717, 1.165) is 29.7 Å². The molecule has 1 unspecified atom stereocenters. The van der Waals surface area contributed by atoms with Gasteiger partial charge in [-0.05, 0) is 41.1 Å². The minimum atomic E-state index is -0.0728. The van der Waals surface area contributed by atoms with Crippen molar-refractivity contribution in [3.63, 3.8) is 0 Å². The second-order valence-electron chi connectivity index (χ2n) is 3.88. The van der Waals surface area contributed by atoms with Crippen LogP contribution in [0, 0.1) is 11.8 Å². The molecule has 0 N–H and O–H groups in total. The Hall–Kier alpha value is -0.830. The largest absolute Gasteiger partial charge is 0.353 e. The molecule has 2 heterocycles. The molecule has 1 aliphatic heterocycles. The Morgan fingerprint density at radius 2 is 2.53 bits per heavy atom. The van der Waals surface area contributed by atoms with Gasteiger partial charge >= 0.3 is 0 Å². The normalized spacial score (nSPS) is 19.8. The van der Waals surface area contributed by atoms with Gasteiger partial charge in [0.1, 0.15) is 16.9 Å². The summed E-state index contributed by atoms with van der Waals surface area (Å²) in [6.07, 6.45) is 3.21. The van der Waals surface area contributed by atoms with E-state index < -0.39 is 0 Å². The third kappa shape index (κ3) is 3.84. The molecule has 17 heavy (non-hydrogen) atoms. The average Bonchev–Trinajstić information content (AvgIpc) is 2.65. The van der Waals surface area contributed by atoms with E-state index in [1.54, 1.807) is 4.68 Å². The molecule has 0 bridgehead atoms. The molecule has 1 atom stereocenters. The maximum Gasteiger partial charge on any atom is 0.158 e. The molecule has 0 amide bonds. The van der Waals surface area contributed by atoms with E-state index in [4.69, 9.17) is 9.47 Å². The van der Waals surface area contributed by atoms with Crippen LogP contribution in [0.1, 0.15) is 25.0 Å². The van der Waals surface area contributed by atoms with Crippen LogP contribution >= 0.6 is 15.9 Å². The van der Waals surface area contributed by atoms with Crippen LogP contribution < -0.4 is 0 Å². The predicted octanol–water partition coefficient (Wildman–Crippen LogP) is 2.08. The number of ether oxygens (including phenoxy) is 2. The van der Waals surface area contributed by atoms with Crippen molar-refractivity contribution in [2.24, 2.45) is 7.05 Å². The van der Waals surface area contributed by atoms with Crippen molar-refractivity contribution in [1.82, 2.24) is 9.78 Å². The summed E-state index contributed by atoms with van der Waals surface area (Å²) in [6, 6.07) is 1.88. The summed E-state index contributed by atoms with van der Waals surface area (Å²) in [4.78, 5) is 0. The molecule has 0 spiro atoms. The van der Waals surface area contributed by atoms with Crippen LogP contribution in [0.25, 0.3) is 0 Å².